The number of rotatable bonds is 5. The highest BCUT2D eigenvalue weighted by molar-refractivity contribution is 6.32. The number of carbonyl (C=O) groups excluding carboxylic acids is 1. The molecule has 1 saturated heterocycles. The average Bonchev–Trinajstić information content (AvgIpc) is 2.76. The van der Waals surface area contributed by atoms with Crippen molar-refractivity contribution < 1.29 is 13.6 Å². The number of hydrogen-bond acceptors (Lipinski definition) is 2. The van der Waals surface area contributed by atoms with E-state index in [1.54, 1.807) is 0 Å². The molecule has 1 fully saturated rings. The fraction of sp³-hybridized carbons (Fsp3) is 0.533. The van der Waals surface area contributed by atoms with E-state index in [1.807, 2.05) is 18.2 Å². The Bertz CT molecular complexity index is 478. The lowest BCUT2D eigenvalue weighted by atomic mass is 10.1. The molecule has 0 spiro atoms. The first-order valence-electron chi connectivity index (χ1n) is 6.99. The van der Waals surface area contributed by atoms with Crippen molar-refractivity contribution in [2.75, 3.05) is 13.1 Å². The van der Waals surface area contributed by atoms with E-state index in [1.165, 1.54) is 5.56 Å². The Morgan fingerprint density at radius 2 is 2.10 bits per heavy atom. The zero-order valence-corrected chi connectivity index (χ0v) is 12.6. The molecule has 1 aliphatic heterocycles. The van der Waals surface area contributed by atoms with Crippen LogP contribution in [0.15, 0.2) is 30.3 Å². The molecule has 0 unspecified atom stereocenters. The summed E-state index contributed by atoms with van der Waals surface area (Å²) in [5.41, 5.74) is 1.22. The minimum atomic E-state index is -3.83. The van der Waals surface area contributed by atoms with Gasteiger partial charge in [-0.3, -0.25) is 9.69 Å². The third-order valence-corrected chi connectivity index (χ3v) is 4.00. The average molecular weight is 317 g/mol. The summed E-state index contributed by atoms with van der Waals surface area (Å²) in [5, 5.41) is -1.60. The van der Waals surface area contributed by atoms with Gasteiger partial charge < -0.3 is 5.32 Å². The van der Waals surface area contributed by atoms with Crippen LogP contribution in [0.2, 0.25) is 0 Å². The second kappa shape index (κ2) is 6.71. The summed E-state index contributed by atoms with van der Waals surface area (Å²) in [5.74, 6) is -1.25. The van der Waals surface area contributed by atoms with Gasteiger partial charge in [0.1, 0.15) is 0 Å². The van der Waals surface area contributed by atoms with Gasteiger partial charge in [0.2, 0.25) is 0 Å². The standard InChI is InChI=1S/C15H19ClF2N2O/c1-11-7-13(8-19-14(21)15(16,17)18)10-20(11)9-12-5-3-2-4-6-12/h2-6,11,13H,7-10H2,1H3,(H,19,21)/t11-,13+/m0/s1. The van der Waals surface area contributed by atoms with Crippen LogP contribution in [0.4, 0.5) is 8.78 Å². The number of alkyl halides is 3. The Hall–Kier alpha value is -1.20. The first kappa shape index (κ1) is 16.2. The number of nitrogens with zero attached hydrogens (tertiary/aromatic N) is 1. The fourth-order valence-electron chi connectivity index (χ4n) is 2.74. The fourth-order valence-corrected chi connectivity index (χ4v) is 2.81. The molecule has 21 heavy (non-hydrogen) atoms. The van der Waals surface area contributed by atoms with Gasteiger partial charge in [0.05, 0.1) is 0 Å². The van der Waals surface area contributed by atoms with Crippen molar-refractivity contribution in [3.05, 3.63) is 35.9 Å². The van der Waals surface area contributed by atoms with Gasteiger partial charge in [-0.1, -0.05) is 30.3 Å². The van der Waals surface area contributed by atoms with Gasteiger partial charge in [-0.15, -0.1) is 0 Å². The maximum atomic E-state index is 12.6. The minimum absolute atomic E-state index is 0.173. The molecule has 1 aromatic carbocycles. The number of hydrogen-bond donors (Lipinski definition) is 1. The van der Waals surface area contributed by atoms with Gasteiger partial charge in [0.15, 0.2) is 0 Å². The van der Waals surface area contributed by atoms with Gasteiger partial charge in [-0.25, -0.2) is 0 Å². The molecular weight excluding hydrogens is 298 g/mol. The molecule has 0 bridgehead atoms. The largest absolute Gasteiger partial charge is 0.399 e. The molecule has 0 saturated carbocycles. The summed E-state index contributed by atoms with van der Waals surface area (Å²) >= 11 is 4.68. The third kappa shape index (κ3) is 4.64. The highest BCUT2D eigenvalue weighted by Gasteiger charge is 2.37. The lowest BCUT2D eigenvalue weighted by molar-refractivity contribution is -0.135. The summed E-state index contributed by atoms with van der Waals surface area (Å²) in [4.78, 5) is 13.4. The van der Waals surface area contributed by atoms with E-state index in [0.29, 0.717) is 6.04 Å². The smallest absolute Gasteiger partial charge is 0.349 e. The second-order valence-electron chi connectivity index (χ2n) is 5.57. The molecule has 0 aliphatic carbocycles. The molecule has 2 atom stereocenters. The zero-order chi connectivity index (χ0) is 15.5. The molecule has 1 N–H and O–H groups in total. The van der Waals surface area contributed by atoms with Crippen LogP contribution in [0.3, 0.4) is 0 Å². The molecule has 1 aliphatic rings. The quantitative estimate of drug-likeness (QED) is 0.847. The van der Waals surface area contributed by atoms with Crippen LogP contribution >= 0.6 is 11.6 Å². The summed E-state index contributed by atoms with van der Waals surface area (Å²) in [6, 6.07) is 10.5. The SMILES string of the molecule is C[C@H]1C[C@H](CNC(=O)C(F)(F)Cl)CN1Cc1ccccc1. The van der Waals surface area contributed by atoms with Crippen LogP contribution in [0.5, 0.6) is 0 Å². The summed E-state index contributed by atoms with van der Waals surface area (Å²) < 4.78 is 25.1. The molecule has 3 nitrogen and oxygen atoms in total. The number of carbonyl (C=O) groups is 1. The van der Waals surface area contributed by atoms with Crippen LogP contribution in [-0.2, 0) is 11.3 Å². The van der Waals surface area contributed by atoms with E-state index in [2.05, 4.69) is 40.9 Å². The molecule has 1 aromatic rings. The van der Waals surface area contributed by atoms with E-state index in [-0.39, 0.29) is 12.5 Å². The molecule has 116 valence electrons. The number of benzene rings is 1. The third-order valence-electron chi connectivity index (χ3n) is 3.83. The van der Waals surface area contributed by atoms with Gasteiger partial charge >= 0.3 is 11.3 Å². The van der Waals surface area contributed by atoms with Gasteiger partial charge in [-0.2, -0.15) is 8.78 Å². The van der Waals surface area contributed by atoms with E-state index in [0.717, 1.165) is 19.5 Å². The number of likely N-dealkylation sites (tertiary alicyclic amines) is 1. The number of halogens is 3. The molecular formula is C15H19ClF2N2O. The topological polar surface area (TPSA) is 32.3 Å². The number of nitrogens with one attached hydrogen (secondary N) is 1. The van der Waals surface area contributed by atoms with Gasteiger partial charge in [0.25, 0.3) is 0 Å². The van der Waals surface area contributed by atoms with Crippen LogP contribution in [0, 0.1) is 5.92 Å². The van der Waals surface area contributed by atoms with Crippen LogP contribution in [0.1, 0.15) is 18.9 Å². The summed E-state index contributed by atoms with van der Waals surface area (Å²) in [7, 11) is 0. The van der Waals surface area contributed by atoms with Crippen molar-refractivity contribution in [1.29, 1.82) is 0 Å². The van der Waals surface area contributed by atoms with E-state index in [4.69, 9.17) is 0 Å². The predicted octanol–water partition coefficient (Wildman–Crippen LogP) is 2.84. The van der Waals surface area contributed by atoms with Crippen LogP contribution in [0.25, 0.3) is 0 Å². The normalized spacial score (nSPS) is 23.2. The second-order valence-corrected chi connectivity index (χ2v) is 6.05. The van der Waals surface area contributed by atoms with Crippen molar-refractivity contribution in [3.8, 4) is 0 Å². The lowest BCUT2D eigenvalue weighted by Gasteiger charge is -2.21. The van der Waals surface area contributed by atoms with Gasteiger partial charge in [-0.05, 0) is 36.4 Å². The molecule has 2 rings (SSSR count). The van der Waals surface area contributed by atoms with Crippen LogP contribution < -0.4 is 5.32 Å². The first-order chi connectivity index (χ1) is 9.86. The molecule has 1 heterocycles. The maximum absolute atomic E-state index is 12.6. The predicted molar refractivity (Wildman–Crippen MR) is 78.2 cm³/mol. The molecule has 6 heteroatoms. The Labute approximate surface area is 128 Å². The highest BCUT2D eigenvalue weighted by atomic mass is 35.5. The first-order valence-corrected chi connectivity index (χ1v) is 7.37. The molecule has 0 aromatic heterocycles. The van der Waals surface area contributed by atoms with Crippen molar-refractivity contribution in [2.24, 2.45) is 5.92 Å². The van der Waals surface area contributed by atoms with Gasteiger partial charge in [0, 0.05) is 25.7 Å². The maximum Gasteiger partial charge on any atom is 0.399 e. The number of amides is 1. The van der Waals surface area contributed by atoms with E-state index >= 15 is 0 Å². The van der Waals surface area contributed by atoms with Crippen LogP contribution in [-0.4, -0.2) is 35.3 Å². The summed E-state index contributed by atoms with van der Waals surface area (Å²) in [6.07, 6.45) is 0.876. The Morgan fingerprint density at radius 3 is 2.71 bits per heavy atom. The molecule has 0 radical (unpaired) electrons. The molecule has 1 amide bonds. The van der Waals surface area contributed by atoms with Crippen molar-refractivity contribution in [2.45, 2.75) is 31.3 Å². The van der Waals surface area contributed by atoms with Crippen molar-refractivity contribution in [1.82, 2.24) is 10.2 Å². The van der Waals surface area contributed by atoms with E-state index in [9.17, 15) is 13.6 Å². The minimum Gasteiger partial charge on any atom is -0.349 e. The van der Waals surface area contributed by atoms with Crippen molar-refractivity contribution >= 4 is 17.5 Å². The summed E-state index contributed by atoms with van der Waals surface area (Å²) in [6.45, 7) is 3.96. The highest BCUT2D eigenvalue weighted by Crippen LogP contribution is 2.25. The monoisotopic (exact) mass is 316 g/mol. The lowest BCUT2D eigenvalue weighted by Crippen LogP contribution is -2.39. The Kier molecular flexibility index (Phi) is 5.17. The Morgan fingerprint density at radius 1 is 1.43 bits per heavy atom. The zero-order valence-electron chi connectivity index (χ0n) is 11.9. The Balaban J connectivity index is 1.82. The van der Waals surface area contributed by atoms with Crippen molar-refractivity contribution in [3.63, 3.8) is 0 Å². The van der Waals surface area contributed by atoms with E-state index < -0.39 is 11.3 Å².